The monoisotopic (exact) mass is 424 g/mol. The van der Waals surface area contributed by atoms with E-state index in [1.54, 1.807) is 12.1 Å². The van der Waals surface area contributed by atoms with Crippen LogP contribution in [0.15, 0.2) is 38.6 Å². The number of H-pyrrole nitrogens is 2. The molecule has 0 aliphatic heterocycles. The molecule has 0 spiro atoms. The fourth-order valence-corrected chi connectivity index (χ4v) is 2.81. The third-order valence-electron chi connectivity index (χ3n) is 4.12. The summed E-state index contributed by atoms with van der Waals surface area (Å²) in [5.41, 5.74) is -1.76. The van der Waals surface area contributed by atoms with Crippen molar-refractivity contribution in [3.63, 3.8) is 0 Å². The van der Waals surface area contributed by atoms with Gasteiger partial charge in [-0.05, 0) is 24.0 Å². The van der Waals surface area contributed by atoms with Gasteiger partial charge in [0.05, 0.1) is 12.8 Å². The van der Waals surface area contributed by atoms with Gasteiger partial charge in [-0.15, -0.1) is 10.2 Å². The first kappa shape index (κ1) is 21.5. The van der Waals surface area contributed by atoms with Crippen LogP contribution >= 0.6 is 0 Å². The van der Waals surface area contributed by atoms with Crippen molar-refractivity contribution in [2.45, 2.75) is 27.2 Å². The molecule has 0 unspecified atom stereocenters. The molecule has 0 aliphatic rings. The van der Waals surface area contributed by atoms with E-state index >= 15 is 0 Å². The summed E-state index contributed by atoms with van der Waals surface area (Å²) < 4.78 is 12.0. The first-order valence-electron chi connectivity index (χ1n) is 9.20. The Kier molecular flexibility index (Phi) is 5.74. The van der Waals surface area contributed by atoms with Crippen LogP contribution in [0.25, 0.3) is 5.69 Å². The number of aromatic nitrogens is 5. The molecule has 2 aromatic heterocycles. The van der Waals surface area contributed by atoms with Gasteiger partial charge in [0, 0.05) is 17.7 Å². The summed E-state index contributed by atoms with van der Waals surface area (Å²) in [4.78, 5) is 37.7. The average molecular weight is 424 g/mol. The van der Waals surface area contributed by atoms with Gasteiger partial charge in [-0.1, -0.05) is 20.8 Å². The van der Waals surface area contributed by atoms with Gasteiger partial charge in [0.2, 0.25) is 11.6 Å². The third-order valence-corrected chi connectivity index (χ3v) is 4.12. The van der Waals surface area contributed by atoms with Crippen molar-refractivity contribution in [2.75, 3.05) is 7.11 Å². The van der Waals surface area contributed by atoms with Gasteiger partial charge in [0.1, 0.15) is 6.07 Å². The van der Waals surface area contributed by atoms with Gasteiger partial charge in [-0.3, -0.25) is 14.6 Å². The highest BCUT2D eigenvalue weighted by Crippen LogP contribution is 2.32. The molecule has 0 aliphatic carbocycles. The number of nitrogens with one attached hydrogen (secondary N) is 2. The maximum absolute atomic E-state index is 12.1. The Morgan fingerprint density at radius 2 is 1.87 bits per heavy atom. The van der Waals surface area contributed by atoms with E-state index < -0.39 is 16.9 Å². The van der Waals surface area contributed by atoms with Crippen molar-refractivity contribution in [1.82, 2.24) is 25.0 Å². The van der Waals surface area contributed by atoms with Gasteiger partial charge in [0.25, 0.3) is 11.1 Å². The van der Waals surface area contributed by atoms with Gasteiger partial charge < -0.3 is 9.47 Å². The smallest absolute Gasteiger partial charge is 0.349 e. The van der Waals surface area contributed by atoms with Gasteiger partial charge in [-0.2, -0.15) is 9.94 Å². The molecular formula is C20H20N6O5. The fraction of sp³-hybridized carbons (Fsp3) is 0.300. The minimum atomic E-state index is -0.870. The zero-order valence-electron chi connectivity index (χ0n) is 17.3. The molecule has 11 heteroatoms. The number of ether oxygens (including phenoxy) is 2. The molecule has 31 heavy (non-hydrogen) atoms. The lowest BCUT2D eigenvalue weighted by Crippen LogP contribution is -2.33. The van der Waals surface area contributed by atoms with E-state index in [-0.39, 0.29) is 34.0 Å². The highest BCUT2D eigenvalue weighted by Gasteiger charge is 2.17. The Morgan fingerprint density at radius 1 is 1.13 bits per heavy atom. The summed E-state index contributed by atoms with van der Waals surface area (Å²) >= 11 is 0. The van der Waals surface area contributed by atoms with Crippen LogP contribution in [0.4, 0.5) is 0 Å². The van der Waals surface area contributed by atoms with Crippen LogP contribution in [-0.4, -0.2) is 32.1 Å². The van der Waals surface area contributed by atoms with Gasteiger partial charge in [0.15, 0.2) is 11.5 Å². The van der Waals surface area contributed by atoms with Gasteiger partial charge >= 0.3 is 5.69 Å². The molecule has 160 valence electrons. The molecule has 1 aromatic carbocycles. The summed E-state index contributed by atoms with van der Waals surface area (Å²) in [6.45, 7) is 6.04. The van der Waals surface area contributed by atoms with Crippen molar-refractivity contribution in [2.24, 2.45) is 5.41 Å². The standard InChI is InChI=1S/C20H20N6O5/c1-20(2,3)9-11-7-16(23-24-17(11)27)31-14-6-5-12(8-15(14)30-4)26-19(29)22-18(28)13(10-21)25-26/h5-8H,9H2,1-4H3,(H,24,27)(H,22,28,29). The molecule has 0 bridgehead atoms. The zero-order valence-corrected chi connectivity index (χ0v) is 17.3. The highest BCUT2D eigenvalue weighted by atomic mass is 16.5. The molecule has 2 heterocycles. The van der Waals surface area contributed by atoms with E-state index in [9.17, 15) is 14.4 Å². The van der Waals surface area contributed by atoms with Crippen molar-refractivity contribution in [3.05, 3.63) is 66.7 Å². The number of hydrogen-bond acceptors (Lipinski definition) is 8. The molecule has 2 N–H and O–H groups in total. The molecular weight excluding hydrogens is 404 g/mol. The summed E-state index contributed by atoms with van der Waals surface area (Å²) in [5, 5.41) is 19.1. The minimum Gasteiger partial charge on any atom is -0.493 e. The number of nitrogens with zero attached hydrogens (tertiary/aromatic N) is 4. The lowest BCUT2D eigenvalue weighted by atomic mass is 9.89. The highest BCUT2D eigenvalue weighted by molar-refractivity contribution is 5.49. The first-order chi connectivity index (χ1) is 14.6. The molecule has 3 rings (SSSR count). The van der Waals surface area contributed by atoms with Crippen molar-refractivity contribution in [1.29, 1.82) is 5.26 Å². The summed E-state index contributed by atoms with van der Waals surface area (Å²) in [7, 11) is 1.40. The maximum atomic E-state index is 12.1. The number of benzene rings is 1. The number of rotatable bonds is 5. The average Bonchev–Trinajstić information content (AvgIpc) is 2.70. The molecule has 0 radical (unpaired) electrons. The Morgan fingerprint density at radius 3 is 2.52 bits per heavy atom. The second-order valence-corrected chi connectivity index (χ2v) is 7.87. The van der Waals surface area contributed by atoms with Crippen LogP contribution in [0.2, 0.25) is 0 Å². The topological polar surface area (TPSA) is 156 Å². The van der Waals surface area contributed by atoms with Crippen LogP contribution in [0.3, 0.4) is 0 Å². The molecule has 0 saturated carbocycles. The minimum absolute atomic E-state index is 0.107. The Balaban J connectivity index is 1.98. The second kappa shape index (κ2) is 8.27. The van der Waals surface area contributed by atoms with Crippen LogP contribution in [0.1, 0.15) is 32.0 Å². The number of nitriles is 1. The lowest BCUT2D eigenvalue weighted by molar-refractivity contribution is 0.370. The fourth-order valence-electron chi connectivity index (χ4n) is 2.81. The maximum Gasteiger partial charge on any atom is 0.349 e. The van der Waals surface area contributed by atoms with Crippen molar-refractivity contribution >= 4 is 0 Å². The van der Waals surface area contributed by atoms with E-state index in [0.717, 1.165) is 4.68 Å². The third kappa shape index (κ3) is 4.87. The Bertz CT molecular complexity index is 1340. The normalized spacial score (nSPS) is 11.1. The van der Waals surface area contributed by atoms with Crippen LogP contribution in [-0.2, 0) is 6.42 Å². The second-order valence-electron chi connectivity index (χ2n) is 7.87. The molecule has 11 nitrogen and oxygen atoms in total. The molecule has 0 atom stereocenters. The predicted octanol–water partition coefficient (Wildman–Crippen LogP) is 1.27. The van der Waals surface area contributed by atoms with E-state index in [4.69, 9.17) is 14.7 Å². The number of aromatic amines is 2. The van der Waals surface area contributed by atoms with Gasteiger partial charge in [-0.25, -0.2) is 9.89 Å². The summed E-state index contributed by atoms with van der Waals surface area (Å²) in [6.07, 6.45) is 0.527. The quantitative estimate of drug-likeness (QED) is 0.620. The number of methoxy groups -OCH3 is 1. The lowest BCUT2D eigenvalue weighted by Gasteiger charge is -2.17. The van der Waals surface area contributed by atoms with Crippen LogP contribution in [0, 0.1) is 16.7 Å². The van der Waals surface area contributed by atoms with E-state index in [1.807, 2.05) is 25.8 Å². The van der Waals surface area contributed by atoms with Crippen LogP contribution in [0.5, 0.6) is 17.4 Å². The largest absolute Gasteiger partial charge is 0.493 e. The predicted molar refractivity (Wildman–Crippen MR) is 110 cm³/mol. The molecule has 0 amide bonds. The summed E-state index contributed by atoms with van der Waals surface area (Å²) in [6, 6.07) is 7.64. The SMILES string of the molecule is COc1cc(-n2nc(C#N)c(=O)[nH]c2=O)ccc1Oc1cc(CC(C)(C)C)c(=O)[nH]n1. The van der Waals surface area contributed by atoms with Crippen molar-refractivity contribution < 1.29 is 9.47 Å². The molecule has 3 aromatic rings. The number of hydrogen-bond donors (Lipinski definition) is 2. The molecule has 0 fully saturated rings. The van der Waals surface area contributed by atoms with E-state index in [1.165, 1.54) is 25.3 Å². The van der Waals surface area contributed by atoms with E-state index in [2.05, 4.69) is 15.3 Å². The Labute approximate surface area is 175 Å². The molecule has 0 saturated heterocycles. The summed E-state index contributed by atoms with van der Waals surface area (Å²) in [5.74, 6) is 0.669. The Hall–Kier alpha value is -4.20. The van der Waals surface area contributed by atoms with Crippen molar-refractivity contribution in [3.8, 4) is 29.1 Å². The zero-order chi connectivity index (χ0) is 22.8. The first-order valence-corrected chi connectivity index (χ1v) is 9.20. The van der Waals surface area contributed by atoms with E-state index in [0.29, 0.717) is 12.0 Å². The van der Waals surface area contributed by atoms with Crippen LogP contribution < -0.4 is 26.3 Å².